The van der Waals surface area contributed by atoms with Crippen LogP contribution in [-0.2, 0) is 0 Å². The van der Waals surface area contributed by atoms with Crippen molar-refractivity contribution in [3.8, 4) is 0 Å². The molecule has 0 bridgehead atoms. The van der Waals surface area contributed by atoms with E-state index >= 15 is 0 Å². The molecule has 0 saturated heterocycles. The Morgan fingerprint density at radius 3 is 1.86 bits per heavy atom. The standard InChI is InChI=1S/C6H14O3.C3H4S2/c1-2-6(3-7,4-8)5-9;1-2-4-5-3-1/h7-9H,2-5H2,1H3;1-2H,3H2. The van der Waals surface area contributed by atoms with Crippen molar-refractivity contribution in [2.24, 2.45) is 5.41 Å². The van der Waals surface area contributed by atoms with Gasteiger partial charge in [-0.15, -0.1) is 0 Å². The van der Waals surface area contributed by atoms with Crippen LogP contribution >= 0.6 is 21.6 Å². The van der Waals surface area contributed by atoms with E-state index in [0.29, 0.717) is 6.42 Å². The van der Waals surface area contributed by atoms with Gasteiger partial charge in [0.05, 0.1) is 19.8 Å². The first kappa shape index (κ1) is 14.3. The molecule has 1 heterocycles. The smallest absolute Gasteiger partial charge is 0.0531 e. The zero-order valence-electron chi connectivity index (χ0n) is 8.35. The molecule has 0 aromatic heterocycles. The monoisotopic (exact) mass is 238 g/mol. The second kappa shape index (κ2) is 8.61. The third-order valence-electron chi connectivity index (χ3n) is 2.14. The van der Waals surface area contributed by atoms with Gasteiger partial charge in [-0.2, -0.15) is 0 Å². The van der Waals surface area contributed by atoms with Crippen LogP contribution in [0.1, 0.15) is 13.3 Å². The molecule has 5 heteroatoms. The van der Waals surface area contributed by atoms with Crippen molar-refractivity contribution in [2.75, 3.05) is 25.6 Å². The molecule has 0 unspecified atom stereocenters. The third kappa shape index (κ3) is 5.26. The molecule has 0 amide bonds. The highest BCUT2D eigenvalue weighted by Crippen LogP contribution is 2.27. The van der Waals surface area contributed by atoms with Crippen molar-refractivity contribution in [2.45, 2.75) is 13.3 Å². The number of aliphatic hydroxyl groups excluding tert-OH is 3. The quantitative estimate of drug-likeness (QED) is 0.644. The fourth-order valence-electron chi connectivity index (χ4n) is 0.682. The van der Waals surface area contributed by atoms with E-state index < -0.39 is 5.41 Å². The predicted octanol–water partition coefficient (Wildman–Crippen LogP) is 1.25. The van der Waals surface area contributed by atoms with Crippen molar-refractivity contribution in [3.63, 3.8) is 0 Å². The maximum atomic E-state index is 8.66. The molecule has 1 aliphatic heterocycles. The number of hydrogen-bond donors (Lipinski definition) is 3. The Balaban J connectivity index is 0.000000280. The summed E-state index contributed by atoms with van der Waals surface area (Å²) in [6.45, 7) is 1.35. The molecule has 0 aromatic carbocycles. The van der Waals surface area contributed by atoms with E-state index in [9.17, 15) is 0 Å². The molecule has 0 spiro atoms. The van der Waals surface area contributed by atoms with Crippen LogP contribution < -0.4 is 0 Å². The lowest BCUT2D eigenvalue weighted by Crippen LogP contribution is -2.32. The lowest BCUT2D eigenvalue weighted by Gasteiger charge is -2.24. The summed E-state index contributed by atoms with van der Waals surface area (Å²) in [4.78, 5) is 0. The van der Waals surface area contributed by atoms with Gasteiger partial charge in [-0.3, -0.25) is 0 Å². The molecule has 84 valence electrons. The van der Waals surface area contributed by atoms with Crippen LogP contribution in [0.2, 0.25) is 0 Å². The summed E-state index contributed by atoms with van der Waals surface area (Å²) in [6.07, 6.45) is 2.76. The Morgan fingerprint density at radius 2 is 1.79 bits per heavy atom. The van der Waals surface area contributed by atoms with Crippen molar-refractivity contribution in [1.29, 1.82) is 0 Å². The lowest BCUT2D eigenvalue weighted by molar-refractivity contribution is 0.00304. The second-order valence-corrected chi connectivity index (χ2v) is 5.40. The Labute approximate surface area is 93.0 Å². The summed E-state index contributed by atoms with van der Waals surface area (Å²) in [5.41, 5.74) is -0.667. The van der Waals surface area contributed by atoms with E-state index in [4.69, 9.17) is 15.3 Å². The molecule has 0 aromatic rings. The normalized spacial score (nSPS) is 15.1. The molecule has 0 fully saturated rings. The molecule has 0 saturated carbocycles. The maximum absolute atomic E-state index is 8.66. The molecule has 0 atom stereocenters. The van der Waals surface area contributed by atoms with Crippen LogP contribution in [0.3, 0.4) is 0 Å². The maximum Gasteiger partial charge on any atom is 0.0531 e. The first-order valence-corrected chi connectivity index (χ1v) is 6.88. The number of aliphatic hydroxyl groups is 3. The third-order valence-corrected chi connectivity index (χ3v) is 4.06. The zero-order valence-corrected chi connectivity index (χ0v) is 9.98. The Hall–Kier alpha value is 0.320. The number of rotatable bonds is 4. The van der Waals surface area contributed by atoms with Crippen molar-refractivity contribution >= 4 is 21.6 Å². The molecular weight excluding hydrogens is 220 g/mol. The Morgan fingerprint density at radius 1 is 1.21 bits per heavy atom. The fraction of sp³-hybridized carbons (Fsp3) is 0.778. The average molecular weight is 238 g/mol. The second-order valence-electron chi connectivity index (χ2n) is 3.08. The van der Waals surface area contributed by atoms with E-state index in [1.54, 1.807) is 0 Å². The summed E-state index contributed by atoms with van der Waals surface area (Å²) in [7, 11) is 3.69. The highest BCUT2D eigenvalue weighted by molar-refractivity contribution is 8.78. The highest BCUT2D eigenvalue weighted by Gasteiger charge is 2.24. The van der Waals surface area contributed by atoms with E-state index in [2.05, 4.69) is 11.5 Å². The summed E-state index contributed by atoms with van der Waals surface area (Å²) < 4.78 is 0. The zero-order chi connectivity index (χ0) is 10.9. The minimum absolute atomic E-state index is 0.156. The van der Waals surface area contributed by atoms with Crippen LogP contribution in [0.25, 0.3) is 0 Å². The van der Waals surface area contributed by atoms with Gasteiger partial charge < -0.3 is 15.3 Å². The first-order chi connectivity index (χ1) is 6.74. The van der Waals surface area contributed by atoms with Gasteiger partial charge in [0.15, 0.2) is 0 Å². The number of hydrogen-bond acceptors (Lipinski definition) is 5. The first-order valence-electron chi connectivity index (χ1n) is 4.50. The molecule has 1 aliphatic rings. The Kier molecular flexibility index (Phi) is 8.81. The van der Waals surface area contributed by atoms with Gasteiger partial charge in [-0.1, -0.05) is 34.6 Å². The molecule has 0 radical (unpaired) electrons. The molecule has 14 heavy (non-hydrogen) atoms. The summed E-state index contributed by atoms with van der Waals surface area (Å²) in [5.74, 6) is 1.20. The predicted molar refractivity (Wildman–Crippen MR) is 63.2 cm³/mol. The van der Waals surface area contributed by atoms with Gasteiger partial charge in [0, 0.05) is 11.2 Å². The molecule has 0 aliphatic carbocycles. The van der Waals surface area contributed by atoms with Gasteiger partial charge in [-0.05, 0) is 11.8 Å². The topological polar surface area (TPSA) is 60.7 Å². The van der Waals surface area contributed by atoms with E-state index in [-0.39, 0.29) is 19.8 Å². The fourth-order valence-corrected chi connectivity index (χ4v) is 2.25. The van der Waals surface area contributed by atoms with Crippen molar-refractivity contribution < 1.29 is 15.3 Å². The van der Waals surface area contributed by atoms with Crippen molar-refractivity contribution in [1.82, 2.24) is 0 Å². The van der Waals surface area contributed by atoms with Crippen LogP contribution in [0.4, 0.5) is 0 Å². The average Bonchev–Trinajstić information content (AvgIpc) is 2.80. The van der Waals surface area contributed by atoms with E-state index in [0.717, 1.165) is 0 Å². The summed E-state index contributed by atoms with van der Waals surface area (Å²) in [6, 6.07) is 0. The van der Waals surface area contributed by atoms with Gasteiger partial charge in [0.2, 0.25) is 0 Å². The van der Waals surface area contributed by atoms with Crippen LogP contribution in [0.15, 0.2) is 11.5 Å². The van der Waals surface area contributed by atoms with Crippen LogP contribution in [0.5, 0.6) is 0 Å². The van der Waals surface area contributed by atoms with Crippen LogP contribution in [0, 0.1) is 5.41 Å². The van der Waals surface area contributed by atoms with E-state index in [1.807, 2.05) is 28.5 Å². The van der Waals surface area contributed by atoms with Gasteiger partial charge in [-0.25, -0.2) is 0 Å². The van der Waals surface area contributed by atoms with Gasteiger partial charge in [0.25, 0.3) is 0 Å². The lowest BCUT2D eigenvalue weighted by atomic mass is 9.88. The van der Waals surface area contributed by atoms with Crippen molar-refractivity contribution in [3.05, 3.63) is 11.5 Å². The van der Waals surface area contributed by atoms with Crippen LogP contribution in [-0.4, -0.2) is 40.9 Å². The van der Waals surface area contributed by atoms with Gasteiger partial charge >= 0.3 is 0 Å². The Bertz CT molecular complexity index is 135. The molecular formula is C9H18O3S2. The summed E-state index contributed by atoms with van der Waals surface area (Å²) in [5, 5.41) is 28.1. The minimum Gasteiger partial charge on any atom is -0.396 e. The molecule has 1 rings (SSSR count). The van der Waals surface area contributed by atoms with E-state index in [1.165, 1.54) is 5.75 Å². The highest BCUT2D eigenvalue weighted by atomic mass is 33.1. The molecule has 3 N–H and O–H groups in total. The van der Waals surface area contributed by atoms with Gasteiger partial charge in [0.1, 0.15) is 0 Å². The summed E-state index contributed by atoms with van der Waals surface area (Å²) >= 11 is 0. The molecule has 3 nitrogen and oxygen atoms in total. The SMILES string of the molecule is C1=CSSC1.CCC(CO)(CO)CO. The largest absolute Gasteiger partial charge is 0.396 e. The minimum atomic E-state index is -0.667.